The van der Waals surface area contributed by atoms with Crippen molar-refractivity contribution in [1.82, 2.24) is 4.98 Å². The highest BCUT2D eigenvalue weighted by Crippen LogP contribution is 2.28. The van der Waals surface area contributed by atoms with Gasteiger partial charge in [0.2, 0.25) is 0 Å². The monoisotopic (exact) mass is 443 g/mol. The summed E-state index contributed by atoms with van der Waals surface area (Å²) in [5, 5.41) is 6.65. The molecule has 0 bridgehead atoms. The molecule has 1 saturated heterocycles. The number of pyridine rings is 1. The van der Waals surface area contributed by atoms with Gasteiger partial charge in [-0.3, -0.25) is 4.79 Å². The van der Waals surface area contributed by atoms with Gasteiger partial charge in [0.25, 0.3) is 5.91 Å². The molecule has 1 aromatic heterocycles. The summed E-state index contributed by atoms with van der Waals surface area (Å²) in [5.41, 5.74) is 9.92. The first-order valence-corrected chi connectivity index (χ1v) is 11.8. The lowest BCUT2D eigenvalue weighted by Gasteiger charge is -2.33. The Morgan fingerprint density at radius 3 is 2.48 bits per heavy atom. The van der Waals surface area contributed by atoms with Gasteiger partial charge in [0.15, 0.2) is 0 Å². The van der Waals surface area contributed by atoms with Gasteiger partial charge in [-0.2, -0.15) is 0 Å². The number of hydrogen-bond donors (Lipinski definition) is 3. The number of primary amides is 1. The first-order valence-electron chi connectivity index (χ1n) is 11.8. The predicted molar refractivity (Wildman–Crippen MR) is 136 cm³/mol. The van der Waals surface area contributed by atoms with Gasteiger partial charge in [0, 0.05) is 43.3 Å². The lowest BCUT2D eigenvalue weighted by Crippen LogP contribution is -2.33. The minimum Gasteiger partial charge on any atom is -0.380 e. The van der Waals surface area contributed by atoms with Gasteiger partial charge in [-0.25, -0.2) is 4.98 Å². The van der Waals surface area contributed by atoms with Crippen molar-refractivity contribution in [2.45, 2.75) is 39.2 Å². The Bertz CT molecular complexity index is 1040. The van der Waals surface area contributed by atoms with E-state index < -0.39 is 5.91 Å². The van der Waals surface area contributed by atoms with Crippen LogP contribution in [0.3, 0.4) is 0 Å². The average molecular weight is 444 g/mol. The smallest absolute Gasteiger partial charge is 0.252 e. The number of nitrogens with one attached hydrogen (secondary N) is 2. The zero-order valence-electron chi connectivity index (χ0n) is 19.3. The second-order valence-corrected chi connectivity index (χ2v) is 8.71. The number of amides is 1. The fourth-order valence-corrected chi connectivity index (χ4v) is 4.45. The number of nitrogens with two attached hydrogens (primary N) is 1. The number of hydrogen-bond acceptors (Lipinski definition) is 5. The molecule has 0 unspecified atom stereocenters. The van der Waals surface area contributed by atoms with Crippen LogP contribution in [0.4, 0.5) is 22.9 Å². The minimum atomic E-state index is -0.503. The van der Waals surface area contributed by atoms with Crippen molar-refractivity contribution in [3.63, 3.8) is 0 Å². The molecule has 2 heterocycles. The summed E-state index contributed by atoms with van der Waals surface area (Å²) in [6.07, 6.45) is 6.71. The molecule has 172 valence electrons. The van der Waals surface area contributed by atoms with Gasteiger partial charge in [-0.15, -0.1) is 0 Å². The van der Waals surface area contributed by atoms with Gasteiger partial charge < -0.3 is 21.3 Å². The molecule has 33 heavy (non-hydrogen) atoms. The molecule has 6 nitrogen and oxygen atoms in total. The zero-order chi connectivity index (χ0) is 23.0. The molecule has 1 aliphatic rings. The van der Waals surface area contributed by atoms with E-state index in [1.54, 1.807) is 0 Å². The van der Waals surface area contributed by atoms with E-state index >= 15 is 0 Å². The second kappa shape index (κ2) is 10.9. The Balaban J connectivity index is 1.41. The van der Waals surface area contributed by atoms with E-state index in [1.807, 2.05) is 36.4 Å². The molecular weight excluding hydrogens is 410 g/mol. The van der Waals surface area contributed by atoms with Crippen LogP contribution in [-0.2, 0) is 6.54 Å². The van der Waals surface area contributed by atoms with Crippen LogP contribution in [-0.4, -0.2) is 24.0 Å². The molecule has 4 N–H and O–H groups in total. The van der Waals surface area contributed by atoms with Crippen molar-refractivity contribution in [2.24, 2.45) is 11.7 Å². The van der Waals surface area contributed by atoms with E-state index in [0.717, 1.165) is 30.3 Å². The number of benzene rings is 2. The van der Waals surface area contributed by atoms with Gasteiger partial charge >= 0.3 is 0 Å². The maximum Gasteiger partial charge on any atom is 0.252 e. The molecule has 4 rings (SSSR count). The number of nitrogens with zero attached hydrogens (tertiary/aromatic N) is 2. The maximum atomic E-state index is 11.9. The summed E-state index contributed by atoms with van der Waals surface area (Å²) in [4.78, 5) is 18.7. The topological polar surface area (TPSA) is 83.3 Å². The third-order valence-electron chi connectivity index (χ3n) is 6.31. The zero-order valence-corrected chi connectivity index (χ0v) is 19.3. The first kappa shape index (κ1) is 22.6. The Morgan fingerprint density at radius 2 is 1.82 bits per heavy atom. The van der Waals surface area contributed by atoms with Crippen LogP contribution >= 0.6 is 0 Å². The Labute approximate surface area is 196 Å². The molecule has 0 atom stereocenters. The summed E-state index contributed by atoms with van der Waals surface area (Å²) in [7, 11) is 0. The summed E-state index contributed by atoms with van der Waals surface area (Å²) in [6.45, 7) is 5.12. The van der Waals surface area contributed by atoms with Crippen LogP contribution in [0.15, 0.2) is 66.9 Å². The number of aromatic nitrogens is 1. The Morgan fingerprint density at radius 1 is 1.09 bits per heavy atom. The standard InChI is InChI=1S/C27H33N5O/c1-2-6-20-13-15-32(16-14-20)23-11-9-22(10-12-23)31-26-17-25(24(19-30-26)27(28)33)29-18-21-7-4-3-5-8-21/h3-5,7-12,17,19-20H,2,6,13-16,18H2,1H3,(H2,28,33)(H2,29,30,31). The second-order valence-electron chi connectivity index (χ2n) is 8.71. The van der Waals surface area contributed by atoms with Crippen molar-refractivity contribution < 1.29 is 4.79 Å². The van der Waals surface area contributed by atoms with Crippen LogP contribution in [0.1, 0.15) is 48.5 Å². The summed E-state index contributed by atoms with van der Waals surface area (Å²) in [6, 6.07) is 20.3. The van der Waals surface area contributed by atoms with Crippen molar-refractivity contribution in [3.8, 4) is 0 Å². The fraction of sp³-hybridized carbons (Fsp3) is 0.333. The first-order chi connectivity index (χ1) is 16.1. The van der Waals surface area contributed by atoms with Crippen molar-refractivity contribution in [1.29, 1.82) is 0 Å². The Kier molecular flexibility index (Phi) is 7.45. The van der Waals surface area contributed by atoms with Gasteiger partial charge in [-0.1, -0.05) is 50.1 Å². The van der Waals surface area contributed by atoms with Gasteiger partial charge in [0.05, 0.1) is 11.3 Å². The third kappa shape index (κ3) is 6.04. The molecule has 6 heteroatoms. The van der Waals surface area contributed by atoms with Crippen LogP contribution < -0.4 is 21.3 Å². The minimum absolute atomic E-state index is 0.373. The van der Waals surface area contributed by atoms with Crippen LogP contribution in [0.25, 0.3) is 0 Å². The highest BCUT2D eigenvalue weighted by Gasteiger charge is 2.18. The van der Waals surface area contributed by atoms with Crippen LogP contribution in [0.5, 0.6) is 0 Å². The molecule has 1 amide bonds. The molecule has 1 fully saturated rings. The van der Waals surface area contributed by atoms with E-state index in [4.69, 9.17) is 5.73 Å². The summed E-state index contributed by atoms with van der Waals surface area (Å²) < 4.78 is 0. The molecule has 0 spiro atoms. The summed E-state index contributed by atoms with van der Waals surface area (Å²) >= 11 is 0. The number of carbonyl (C=O) groups excluding carboxylic acids is 1. The van der Waals surface area contributed by atoms with E-state index in [0.29, 0.717) is 23.6 Å². The van der Waals surface area contributed by atoms with Crippen LogP contribution in [0, 0.1) is 5.92 Å². The number of rotatable bonds is 9. The van der Waals surface area contributed by atoms with E-state index in [9.17, 15) is 4.79 Å². The molecule has 0 saturated carbocycles. The predicted octanol–water partition coefficient (Wildman–Crippen LogP) is 5.55. The largest absolute Gasteiger partial charge is 0.380 e. The Hall–Kier alpha value is -3.54. The van der Waals surface area contributed by atoms with Gasteiger partial charge in [0.1, 0.15) is 5.82 Å². The third-order valence-corrected chi connectivity index (χ3v) is 6.31. The van der Waals surface area contributed by atoms with Crippen molar-refractivity contribution in [3.05, 3.63) is 78.0 Å². The lowest BCUT2D eigenvalue weighted by atomic mass is 9.92. The maximum absolute atomic E-state index is 11.9. The molecule has 2 aromatic carbocycles. The normalized spacial score (nSPS) is 14.2. The van der Waals surface area contributed by atoms with Gasteiger partial charge in [-0.05, 0) is 48.6 Å². The van der Waals surface area contributed by atoms with Crippen molar-refractivity contribution >= 4 is 28.8 Å². The molecule has 0 aliphatic carbocycles. The average Bonchev–Trinajstić information content (AvgIpc) is 2.84. The molecule has 3 aromatic rings. The van der Waals surface area contributed by atoms with E-state index in [2.05, 4.69) is 51.7 Å². The SMILES string of the molecule is CCCC1CCN(c2ccc(Nc3cc(NCc4ccccc4)c(C(N)=O)cn3)cc2)CC1. The van der Waals surface area contributed by atoms with Crippen LogP contribution in [0.2, 0.25) is 0 Å². The highest BCUT2D eigenvalue weighted by atomic mass is 16.1. The molecule has 0 radical (unpaired) electrons. The summed E-state index contributed by atoms with van der Waals surface area (Å²) in [5.74, 6) is 1.03. The van der Waals surface area contributed by atoms with Crippen molar-refractivity contribution in [2.75, 3.05) is 28.6 Å². The number of carbonyl (C=O) groups is 1. The number of anilines is 4. The molecular formula is C27H33N5O. The number of piperidine rings is 1. The van der Waals surface area contributed by atoms with E-state index in [1.165, 1.54) is 37.6 Å². The fourth-order valence-electron chi connectivity index (χ4n) is 4.45. The lowest BCUT2D eigenvalue weighted by molar-refractivity contribution is 0.100. The highest BCUT2D eigenvalue weighted by molar-refractivity contribution is 5.98. The quantitative estimate of drug-likeness (QED) is 0.404. The molecule has 1 aliphatic heterocycles. The van der Waals surface area contributed by atoms with E-state index in [-0.39, 0.29) is 0 Å².